The molecule has 2 aromatic heterocycles. The summed E-state index contributed by atoms with van der Waals surface area (Å²) in [5.41, 5.74) is 9.65. The van der Waals surface area contributed by atoms with E-state index in [-0.39, 0.29) is 5.75 Å². The van der Waals surface area contributed by atoms with Crippen molar-refractivity contribution >= 4 is 17.5 Å². The Hall–Kier alpha value is -3.46. The lowest BCUT2D eigenvalue weighted by atomic mass is 9.92. The Labute approximate surface area is 199 Å². The number of aromatic nitrogens is 4. The maximum atomic E-state index is 10.3. The topological polar surface area (TPSA) is 116 Å². The van der Waals surface area contributed by atoms with Crippen molar-refractivity contribution in [3.05, 3.63) is 48.3 Å². The van der Waals surface area contributed by atoms with Crippen molar-refractivity contribution in [1.29, 1.82) is 0 Å². The lowest BCUT2D eigenvalue weighted by Gasteiger charge is -2.42. The summed E-state index contributed by atoms with van der Waals surface area (Å²) in [6, 6.07) is 9.75. The molecule has 0 radical (unpaired) electrons. The van der Waals surface area contributed by atoms with Crippen molar-refractivity contribution < 1.29 is 5.11 Å². The first-order valence-electron chi connectivity index (χ1n) is 12.1. The van der Waals surface area contributed by atoms with E-state index in [0.29, 0.717) is 35.1 Å². The number of aromatic hydroxyl groups is 1. The molecule has 5 heterocycles. The number of piperidine rings is 1. The van der Waals surface area contributed by atoms with E-state index in [4.69, 9.17) is 15.7 Å². The lowest BCUT2D eigenvalue weighted by molar-refractivity contribution is 0.458. The van der Waals surface area contributed by atoms with Crippen LogP contribution in [0, 0.1) is 0 Å². The third kappa shape index (κ3) is 3.79. The number of benzene rings is 1. The Morgan fingerprint density at radius 1 is 0.941 bits per heavy atom. The summed E-state index contributed by atoms with van der Waals surface area (Å²) in [5.74, 6) is 1.99. The Morgan fingerprint density at radius 3 is 2.35 bits per heavy atom. The Morgan fingerprint density at radius 2 is 1.65 bits per heavy atom. The fourth-order valence-electron chi connectivity index (χ4n) is 5.72. The second kappa shape index (κ2) is 8.72. The number of hydrogen-bond acceptors (Lipinski definition) is 9. The van der Waals surface area contributed by atoms with Crippen molar-refractivity contribution in [1.82, 2.24) is 25.5 Å². The molecule has 6 rings (SSSR count). The SMILES string of the molecule is Nc1nnc(-c2ccccc2O)cc1N1C[C@H]2CC[C@@H](C1)N2c1ncc(C2CCNCC2)cn1. The molecule has 3 aliphatic heterocycles. The van der Waals surface area contributed by atoms with E-state index in [9.17, 15) is 5.11 Å². The first-order chi connectivity index (χ1) is 16.7. The molecule has 34 heavy (non-hydrogen) atoms. The van der Waals surface area contributed by atoms with Gasteiger partial charge in [-0.3, -0.25) is 0 Å². The molecule has 3 aliphatic rings. The smallest absolute Gasteiger partial charge is 0.225 e. The number of nitrogens with two attached hydrogens (primary N) is 1. The van der Waals surface area contributed by atoms with Gasteiger partial charge >= 0.3 is 0 Å². The van der Waals surface area contributed by atoms with Crippen molar-refractivity contribution in [2.75, 3.05) is 41.7 Å². The second-order valence-electron chi connectivity index (χ2n) is 9.56. The van der Waals surface area contributed by atoms with E-state index in [1.807, 2.05) is 30.6 Å². The number of nitrogen functional groups attached to an aromatic ring is 1. The summed E-state index contributed by atoms with van der Waals surface area (Å²) in [4.78, 5) is 14.3. The van der Waals surface area contributed by atoms with Gasteiger partial charge in [-0.25, -0.2) is 9.97 Å². The largest absolute Gasteiger partial charge is 0.507 e. The average molecular weight is 459 g/mol. The van der Waals surface area contributed by atoms with Crippen LogP contribution >= 0.6 is 0 Å². The van der Waals surface area contributed by atoms with Crippen LogP contribution in [-0.2, 0) is 0 Å². The van der Waals surface area contributed by atoms with Gasteiger partial charge in [0.15, 0.2) is 5.82 Å². The zero-order chi connectivity index (χ0) is 23.1. The van der Waals surface area contributed by atoms with Gasteiger partial charge < -0.3 is 26.0 Å². The van der Waals surface area contributed by atoms with Gasteiger partial charge in [0, 0.05) is 43.1 Å². The fourth-order valence-corrected chi connectivity index (χ4v) is 5.72. The van der Waals surface area contributed by atoms with Gasteiger partial charge in [-0.05, 0) is 68.5 Å². The molecule has 0 spiro atoms. The molecule has 1 aromatic carbocycles. The fraction of sp³-hybridized carbons (Fsp3) is 0.440. The number of phenolic OH excluding ortho intramolecular Hbond substituents is 1. The van der Waals surface area contributed by atoms with Gasteiger partial charge in [0.2, 0.25) is 5.95 Å². The van der Waals surface area contributed by atoms with Crippen LogP contribution < -0.4 is 20.9 Å². The highest BCUT2D eigenvalue weighted by molar-refractivity contribution is 5.74. The van der Waals surface area contributed by atoms with Crippen LogP contribution in [0.3, 0.4) is 0 Å². The first kappa shape index (κ1) is 21.1. The van der Waals surface area contributed by atoms with E-state index < -0.39 is 0 Å². The Kier molecular flexibility index (Phi) is 5.41. The normalized spacial score (nSPS) is 22.8. The summed E-state index contributed by atoms with van der Waals surface area (Å²) < 4.78 is 0. The third-order valence-corrected chi connectivity index (χ3v) is 7.50. The molecule has 9 heteroatoms. The van der Waals surface area contributed by atoms with Crippen LogP contribution in [0.2, 0.25) is 0 Å². The third-order valence-electron chi connectivity index (χ3n) is 7.50. The van der Waals surface area contributed by atoms with Crippen molar-refractivity contribution in [2.45, 2.75) is 43.7 Å². The second-order valence-corrected chi connectivity index (χ2v) is 9.56. The summed E-state index contributed by atoms with van der Waals surface area (Å²) >= 11 is 0. The molecule has 3 fully saturated rings. The zero-order valence-corrected chi connectivity index (χ0v) is 19.1. The summed E-state index contributed by atoms with van der Waals surface area (Å²) in [6.45, 7) is 3.78. The molecule has 0 aliphatic carbocycles. The number of anilines is 3. The summed E-state index contributed by atoms with van der Waals surface area (Å²) in [7, 11) is 0. The van der Waals surface area contributed by atoms with Crippen molar-refractivity contribution in [3.63, 3.8) is 0 Å². The molecule has 176 valence electrons. The number of piperazine rings is 1. The Bertz CT molecular complexity index is 1150. The number of phenols is 1. The molecule has 2 atom stereocenters. The number of nitrogens with one attached hydrogen (secondary N) is 1. The highest BCUT2D eigenvalue weighted by Crippen LogP contribution is 2.38. The predicted molar refractivity (Wildman–Crippen MR) is 132 cm³/mol. The van der Waals surface area contributed by atoms with Gasteiger partial charge in [0.25, 0.3) is 0 Å². The number of nitrogens with zero attached hydrogens (tertiary/aromatic N) is 6. The standard InChI is InChI=1S/C25H30N8O/c26-24-22(11-21(30-31-24)20-3-1-2-4-23(20)34)32-14-18-5-6-19(15-32)33(18)25-28-12-17(13-29-25)16-7-9-27-10-8-16/h1-4,11-13,16,18-19,27,34H,5-10,14-15H2,(H2,26,31)/t18-,19+. The Balaban J connectivity index is 1.22. The molecule has 0 saturated carbocycles. The summed E-state index contributed by atoms with van der Waals surface area (Å²) in [5, 5.41) is 22.1. The van der Waals surface area contributed by atoms with Crippen LogP contribution in [0.4, 0.5) is 17.5 Å². The highest BCUT2D eigenvalue weighted by atomic mass is 16.3. The van der Waals surface area contributed by atoms with Crippen LogP contribution in [0.5, 0.6) is 5.75 Å². The number of para-hydroxylation sites is 1. The van der Waals surface area contributed by atoms with Crippen molar-refractivity contribution in [2.24, 2.45) is 0 Å². The molecule has 3 aromatic rings. The van der Waals surface area contributed by atoms with Gasteiger partial charge in [-0.1, -0.05) is 12.1 Å². The van der Waals surface area contributed by atoms with Crippen LogP contribution in [-0.4, -0.2) is 63.5 Å². The van der Waals surface area contributed by atoms with E-state index in [1.54, 1.807) is 12.1 Å². The molecule has 0 amide bonds. The molecule has 9 nitrogen and oxygen atoms in total. The maximum Gasteiger partial charge on any atom is 0.225 e. The molecule has 3 saturated heterocycles. The van der Waals surface area contributed by atoms with Gasteiger partial charge in [0.05, 0.1) is 11.4 Å². The van der Waals surface area contributed by atoms with E-state index >= 15 is 0 Å². The monoisotopic (exact) mass is 458 g/mol. The van der Waals surface area contributed by atoms with Crippen molar-refractivity contribution in [3.8, 4) is 17.0 Å². The van der Waals surface area contributed by atoms with E-state index in [2.05, 4.69) is 25.3 Å². The van der Waals surface area contributed by atoms with Gasteiger partial charge in [-0.15, -0.1) is 10.2 Å². The lowest BCUT2D eigenvalue weighted by Crippen LogP contribution is -2.54. The number of fused-ring (bicyclic) bond motifs is 2. The minimum Gasteiger partial charge on any atom is -0.507 e. The molecule has 4 N–H and O–H groups in total. The minimum atomic E-state index is 0.183. The molecule has 2 bridgehead atoms. The van der Waals surface area contributed by atoms with Crippen LogP contribution in [0.15, 0.2) is 42.7 Å². The summed E-state index contributed by atoms with van der Waals surface area (Å²) in [6.07, 6.45) is 8.57. The quantitative estimate of drug-likeness (QED) is 0.542. The highest BCUT2D eigenvalue weighted by Gasteiger charge is 2.42. The number of rotatable bonds is 4. The number of hydrogen-bond donors (Lipinski definition) is 3. The van der Waals surface area contributed by atoms with Gasteiger partial charge in [0.1, 0.15) is 5.75 Å². The van der Waals surface area contributed by atoms with Gasteiger partial charge in [-0.2, -0.15) is 0 Å². The zero-order valence-electron chi connectivity index (χ0n) is 19.1. The first-order valence-corrected chi connectivity index (χ1v) is 12.1. The molecule has 0 unspecified atom stereocenters. The minimum absolute atomic E-state index is 0.183. The van der Waals surface area contributed by atoms with Crippen LogP contribution in [0.25, 0.3) is 11.3 Å². The maximum absolute atomic E-state index is 10.3. The van der Waals surface area contributed by atoms with E-state index in [1.165, 1.54) is 5.56 Å². The van der Waals surface area contributed by atoms with Crippen LogP contribution in [0.1, 0.15) is 37.2 Å². The van der Waals surface area contributed by atoms with E-state index in [0.717, 1.165) is 63.5 Å². The average Bonchev–Trinajstić information content (AvgIpc) is 3.14. The molecular weight excluding hydrogens is 428 g/mol. The predicted octanol–water partition coefficient (Wildman–Crippen LogP) is 2.55. The molecular formula is C25H30N8O.